The third-order valence-corrected chi connectivity index (χ3v) is 5.90. The molecule has 14 heteroatoms. The molecule has 0 fully saturated rings. The molecule has 3 aromatic carbocycles. The van der Waals surface area contributed by atoms with Crippen LogP contribution in [0.2, 0.25) is 0 Å². The van der Waals surface area contributed by atoms with E-state index in [2.05, 4.69) is 18.5 Å². The van der Waals surface area contributed by atoms with Crippen LogP contribution in [0.25, 0.3) is 17.2 Å². The fourth-order valence-electron chi connectivity index (χ4n) is 3.56. The van der Waals surface area contributed by atoms with E-state index >= 15 is 0 Å². The van der Waals surface area contributed by atoms with E-state index in [-0.39, 0.29) is 18.0 Å². The van der Waals surface area contributed by atoms with Gasteiger partial charge in [-0.3, -0.25) is 14.4 Å². The molecule has 0 unspecified atom stereocenters. The number of rotatable bonds is 9. The highest BCUT2D eigenvalue weighted by Crippen LogP contribution is 2.40. The number of hydrogen-bond acceptors (Lipinski definition) is 3. The Balaban J connectivity index is 1.90. The van der Waals surface area contributed by atoms with E-state index in [0.717, 1.165) is 19.1 Å². The molecule has 0 saturated carbocycles. The zero-order chi connectivity index (χ0) is 33.0. The van der Waals surface area contributed by atoms with E-state index in [1.54, 1.807) is 17.4 Å². The van der Waals surface area contributed by atoms with Crippen molar-refractivity contribution in [3.05, 3.63) is 112 Å². The van der Waals surface area contributed by atoms with Crippen LogP contribution in [0.5, 0.6) is 0 Å². The topological polar surface area (TPSA) is 87.3 Å². The zero-order valence-electron chi connectivity index (χ0n) is 22.8. The Morgan fingerprint density at radius 3 is 1.45 bits per heavy atom. The number of halogens is 8. The van der Waals surface area contributed by atoms with Gasteiger partial charge in [-0.05, 0) is 31.1 Å². The molecule has 6 nitrogen and oxygen atoms in total. The number of carbonyl (C=O) groups is 3. The minimum Gasteiger partial charge on any atom is -0.348 e. The van der Waals surface area contributed by atoms with Crippen LogP contribution in [0.15, 0.2) is 54.6 Å². The van der Waals surface area contributed by atoms with Crippen molar-refractivity contribution in [1.29, 1.82) is 0 Å². The lowest BCUT2D eigenvalue weighted by molar-refractivity contribution is -0.117. The number of anilines is 2. The summed E-state index contributed by atoms with van der Waals surface area (Å²) in [5, 5.41) is 5.64. The van der Waals surface area contributed by atoms with Crippen molar-refractivity contribution in [3.8, 4) is 11.1 Å². The minimum atomic E-state index is -2.49. The van der Waals surface area contributed by atoms with Crippen molar-refractivity contribution in [2.75, 3.05) is 10.6 Å². The molecule has 3 rings (SSSR count). The number of hydrogen-bond donors (Lipinski definition) is 3. The van der Waals surface area contributed by atoms with Gasteiger partial charge in [-0.2, -0.15) is 0 Å². The molecule has 3 aromatic rings. The smallest absolute Gasteiger partial charge is 0.250 e. The van der Waals surface area contributed by atoms with E-state index in [0.29, 0.717) is 16.7 Å². The maximum Gasteiger partial charge on any atom is 0.250 e. The van der Waals surface area contributed by atoms with Crippen LogP contribution >= 0.6 is 0 Å². The molecule has 0 aromatic heterocycles. The van der Waals surface area contributed by atoms with Crippen LogP contribution in [0.3, 0.4) is 0 Å². The normalized spacial score (nSPS) is 11.0. The second kappa shape index (κ2) is 13.4. The summed E-state index contributed by atoms with van der Waals surface area (Å²) in [6, 6.07) is 6.20. The molecule has 0 aliphatic heterocycles. The van der Waals surface area contributed by atoms with Gasteiger partial charge in [0, 0.05) is 23.8 Å². The molecule has 0 aliphatic rings. The number of nitrogens with one attached hydrogen (secondary N) is 3. The fourth-order valence-corrected chi connectivity index (χ4v) is 3.56. The number of carbonyl (C=O) groups excluding carboxylic acids is 3. The average molecular weight is 624 g/mol. The van der Waals surface area contributed by atoms with Crippen LogP contribution in [-0.4, -0.2) is 17.7 Å². The molecule has 0 aliphatic carbocycles. The molecule has 3 amide bonds. The SMILES string of the molecule is C=C(C)C(=O)NCc1ccc(/C=C/C(=O)Nc2c(F)c(F)c(-c3c(F)c(F)c(NC(=O)C(=C)C)c(F)c3F)c(F)c2F)cc1. The molecule has 0 bridgehead atoms. The summed E-state index contributed by atoms with van der Waals surface area (Å²) < 4.78 is 118. The Bertz CT molecular complexity index is 1690. The number of amides is 3. The third kappa shape index (κ3) is 6.85. The first-order chi connectivity index (χ1) is 20.6. The monoisotopic (exact) mass is 623 g/mol. The maximum absolute atomic E-state index is 14.9. The predicted molar refractivity (Wildman–Crippen MR) is 146 cm³/mol. The van der Waals surface area contributed by atoms with E-state index in [4.69, 9.17) is 0 Å². The van der Waals surface area contributed by atoms with Crippen LogP contribution in [-0.2, 0) is 20.9 Å². The molecular formula is C30H21F8N3O3. The highest BCUT2D eigenvalue weighted by atomic mass is 19.2. The lowest BCUT2D eigenvalue weighted by atomic mass is 10.00. The molecule has 0 heterocycles. The van der Waals surface area contributed by atoms with Gasteiger partial charge in [0.25, 0.3) is 5.91 Å². The zero-order valence-corrected chi connectivity index (χ0v) is 22.8. The van der Waals surface area contributed by atoms with Crippen molar-refractivity contribution < 1.29 is 49.5 Å². The van der Waals surface area contributed by atoms with Gasteiger partial charge in [-0.1, -0.05) is 37.4 Å². The molecule has 0 saturated heterocycles. The molecule has 230 valence electrons. The van der Waals surface area contributed by atoms with Gasteiger partial charge in [-0.15, -0.1) is 0 Å². The van der Waals surface area contributed by atoms with E-state index in [1.807, 2.05) is 0 Å². The van der Waals surface area contributed by atoms with Gasteiger partial charge in [0.05, 0.1) is 11.1 Å². The first-order valence-electron chi connectivity index (χ1n) is 12.3. The van der Waals surface area contributed by atoms with Crippen LogP contribution in [0, 0.1) is 46.5 Å². The van der Waals surface area contributed by atoms with Crippen molar-refractivity contribution in [1.82, 2.24) is 5.32 Å². The van der Waals surface area contributed by atoms with Crippen molar-refractivity contribution in [2.24, 2.45) is 0 Å². The fraction of sp³-hybridized carbons (Fsp3) is 0.100. The summed E-state index contributed by atoms with van der Waals surface area (Å²) >= 11 is 0. The van der Waals surface area contributed by atoms with Gasteiger partial charge in [0.1, 0.15) is 11.4 Å². The predicted octanol–water partition coefficient (Wildman–Crippen LogP) is 6.83. The van der Waals surface area contributed by atoms with Gasteiger partial charge in [0.2, 0.25) is 11.8 Å². The second-order valence-corrected chi connectivity index (χ2v) is 9.27. The Kier molecular flexibility index (Phi) is 10.1. The molecule has 44 heavy (non-hydrogen) atoms. The quantitative estimate of drug-likeness (QED) is 0.139. The maximum atomic E-state index is 14.9. The largest absolute Gasteiger partial charge is 0.348 e. The van der Waals surface area contributed by atoms with Gasteiger partial charge >= 0.3 is 0 Å². The second-order valence-electron chi connectivity index (χ2n) is 9.27. The Labute approximate surface area is 244 Å². The lowest BCUT2D eigenvalue weighted by Gasteiger charge is -2.16. The van der Waals surface area contributed by atoms with E-state index in [9.17, 15) is 49.5 Å². The first-order valence-corrected chi connectivity index (χ1v) is 12.3. The lowest BCUT2D eigenvalue weighted by Crippen LogP contribution is -2.22. The molecule has 0 atom stereocenters. The molecule has 3 N–H and O–H groups in total. The highest BCUT2D eigenvalue weighted by Gasteiger charge is 2.35. The minimum absolute atomic E-state index is 0.171. The average Bonchev–Trinajstić information content (AvgIpc) is 2.99. The molecular weight excluding hydrogens is 602 g/mol. The summed E-state index contributed by atoms with van der Waals surface area (Å²) in [6.07, 6.45) is 1.90. The van der Waals surface area contributed by atoms with Crippen LogP contribution < -0.4 is 16.0 Å². The molecule has 0 spiro atoms. The van der Waals surface area contributed by atoms with Gasteiger partial charge < -0.3 is 16.0 Å². The number of benzene rings is 3. The Morgan fingerprint density at radius 2 is 1.05 bits per heavy atom. The summed E-state index contributed by atoms with van der Waals surface area (Å²) in [7, 11) is 0. The summed E-state index contributed by atoms with van der Waals surface area (Å²) in [6.45, 7) is 9.45. The van der Waals surface area contributed by atoms with E-state index in [1.165, 1.54) is 24.4 Å². The van der Waals surface area contributed by atoms with Crippen LogP contribution in [0.4, 0.5) is 46.5 Å². The van der Waals surface area contributed by atoms with Crippen molar-refractivity contribution in [3.63, 3.8) is 0 Å². The van der Waals surface area contributed by atoms with Gasteiger partial charge in [-0.25, -0.2) is 35.1 Å². The Hall–Kier alpha value is -5.27. The van der Waals surface area contributed by atoms with E-state index < -0.39 is 80.9 Å². The Morgan fingerprint density at radius 1 is 0.636 bits per heavy atom. The highest BCUT2D eigenvalue weighted by molar-refractivity contribution is 6.03. The van der Waals surface area contributed by atoms with Gasteiger partial charge in [0.15, 0.2) is 46.5 Å². The summed E-state index contributed by atoms with van der Waals surface area (Å²) in [5.41, 5.74) is -6.65. The van der Waals surface area contributed by atoms with Crippen LogP contribution in [0.1, 0.15) is 25.0 Å². The van der Waals surface area contributed by atoms with Crippen molar-refractivity contribution in [2.45, 2.75) is 20.4 Å². The first kappa shape index (κ1) is 33.2. The molecule has 0 radical (unpaired) electrons. The van der Waals surface area contributed by atoms with Crippen molar-refractivity contribution >= 4 is 35.2 Å². The summed E-state index contributed by atoms with van der Waals surface area (Å²) in [4.78, 5) is 35.5. The standard InChI is InChI=1S/C30H21F8N3O3/c1-12(2)29(43)39-11-15-7-5-14(6-8-15)9-10-16(42)40-27-23(35)19(31)17(20(32)24(27)36)18-21(33)25(37)28(26(38)22(18)34)41-30(44)13(3)4/h5-10H,1,3,11H2,2,4H3,(H,39,43)(H,40,42)(H,41,44)/b10-9+. The summed E-state index contributed by atoms with van der Waals surface area (Å²) in [5.74, 6) is -22.2. The third-order valence-electron chi connectivity index (χ3n) is 5.90.